The van der Waals surface area contributed by atoms with Crippen molar-refractivity contribution in [1.29, 1.82) is 0 Å². The number of aromatic nitrogens is 2. The normalized spacial score (nSPS) is 19.4. The number of hydrogen-bond donors (Lipinski definition) is 0. The number of benzene rings is 1. The molecule has 0 saturated carbocycles. The van der Waals surface area contributed by atoms with Crippen LogP contribution in [0.2, 0.25) is 0 Å². The van der Waals surface area contributed by atoms with Crippen molar-refractivity contribution in [2.24, 2.45) is 0 Å². The van der Waals surface area contributed by atoms with E-state index < -0.39 is 0 Å². The Bertz CT molecular complexity index is 631. The molecule has 25 heavy (non-hydrogen) atoms. The molecule has 0 radical (unpaired) electrons. The van der Waals surface area contributed by atoms with Crippen molar-refractivity contribution < 1.29 is 9.26 Å². The van der Waals surface area contributed by atoms with Crippen LogP contribution in [0, 0.1) is 0 Å². The minimum atomic E-state index is 0.515. The average molecular weight is 344 g/mol. The van der Waals surface area contributed by atoms with Gasteiger partial charge in [-0.05, 0) is 19.4 Å². The van der Waals surface area contributed by atoms with Gasteiger partial charge in [0, 0.05) is 45.2 Å². The Morgan fingerprint density at radius 3 is 2.84 bits per heavy atom. The lowest BCUT2D eigenvalue weighted by atomic mass is 10.1. The maximum absolute atomic E-state index is 5.47. The highest BCUT2D eigenvalue weighted by atomic mass is 16.5. The third kappa shape index (κ3) is 5.36. The van der Waals surface area contributed by atoms with Crippen molar-refractivity contribution in [1.82, 2.24) is 19.9 Å². The fourth-order valence-corrected chi connectivity index (χ4v) is 3.27. The van der Waals surface area contributed by atoms with Crippen LogP contribution in [0.4, 0.5) is 0 Å². The molecule has 0 N–H and O–H groups in total. The van der Waals surface area contributed by atoms with Crippen molar-refractivity contribution >= 4 is 0 Å². The Morgan fingerprint density at radius 1 is 1.24 bits per heavy atom. The molecule has 6 heteroatoms. The van der Waals surface area contributed by atoms with Crippen molar-refractivity contribution in [3.05, 3.63) is 47.6 Å². The zero-order valence-electron chi connectivity index (χ0n) is 15.2. The second kappa shape index (κ2) is 9.08. The van der Waals surface area contributed by atoms with Crippen LogP contribution in [-0.4, -0.2) is 65.4 Å². The monoisotopic (exact) mass is 344 g/mol. The molecule has 0 aliphatic carbocycles. The van der Waals surface area contributed by atoms with Gasteiger partial charge < -0.3 is 9.26 Å². The van der Waals surface area contributed by atoms with Gasteiger partial charge >= 0.3 is 0 Å². The van der Waals surface area contributed by atoms with Crippen LogP contribution in [0.25, 0.3) is 0 Å². The molecule has 1 fully saturated rings. The first-order valence-corrected chi connectivity index (χ1v) is 9.14. The number of ether oxygens (including phenoxy) is 1. The first kappa shape index (κ1) is 18.0. The number of nitrogens with zero attached hydrogens (tertiary/aromatic N) is 4. The van der Waals surface area contributed by atoms with Gasteiger partial charge in [-0.2, -0.15) is 4.98 Å². The first-order chi connectivity index (χ1) is 12.2. The van der Waals surface area contributed by atoms with Crippen LogP contribution >= 0.6 is 0 Å². The molecule has 3 rings (SSSR count). The van der Waals surface area contributed by atoms with E-state index in [2.05, 4.69) is 39.0 Å². The standard InChI is InChI=1S/C19H28N4O2/c1-3-24-12-11-23-10-9-22(14-16(23)2)15-19-20-18(21-25-19)13-17-7-5-4-6-8-17/h4-8,16H,3,9-15H2,1-2H3. The predicted molar refractivity (Wildman–Crippen MR) is 96.4 cm³/mol. The van der Waals surface area contributed by atoms with Crippen molar-refractivity contribution in [2.45, 2.75) is 32.9 Å². The molecule has 1 atom stereocenters. The van der Waals surface area contributed by atoms with E-state index in [0.717, 1.165) is 51.8 Å². The quantitative estimate of drug-likeness (QED) is 0.685. The molecule has 136 valence electrons. The van der Waals surface area contributed by atoms with E-state index >= 15 is 0 Å². The highest BCUT2D eigenvalue weighted by molar-refractivity contribution is 5.18. The molecular weight excluding hydrogens is 316 g/mol. The van der Waals surface area contributed by atoms with E-state index in [9.17, 15) is 0 Å². The Labute approximate surface area is 149 Å². The minimum absolute atomic E-state index is 0.515. The number of hydrogen-bond acceptors (Lipinski definition) is 6. The fraction of sp³-hybridized carbons (Fsp3) is 0.579. The van der Waals surface area contributed by atoms with Gasteiger partial charge in [0.05, 0.1) is 13.2 Å². The zero-order valence-corrected chi connectivity index (χ0v) is 15.2. The van der Waals surface area contributed by atoms with Crippen molar-refractivity contribution in [2.75, 3.05) is 39.4 Å². The van der Waals surface area contributed by atoms with E-state index in [1.165, 1.54) is 5.56 Å². The Kier molecular flexibility index (Phi) is 6.55. The lowest BCUT2D eigenvalue weighted by molar-refractivity contribution is 0.0430. The van der Waals surface area contributed by atoms with Gasteiger partial charge in [0.2, 0.25) is 5.89 Å². The third-order valence-electron chi connectivity index (χ3n) is 4.65. The van der Waals surface area contributed by atoms with E-state index in [-0.39, 0.29) is 0 Å². The molecule has 0 spiro atoms. The Hall–Kier alpha value is -1.76. The molecule has 1 unspecified atom stereocenters. The van der Waals surface area contributed by atoms with Gasteiger partial charge in [-0.3, -0.25) is 9.80 Å². The molecule has 1 aliphatic rings. The molecule has 1 aliphatic heterocycles. The second-order valence-electron chi connectivity index (χ2n) is 6.58. The molecule has 0 bridgehead atoms. The lowest BCUT2D eigenvalue weighted by Gasteiger charge is -2.39. The van der Waals surface area contributed by atoms with Gasteiger partial charge in [-0.15, -0.1) is 0 Å². The SMILES string of the molecule is CCOCCN1CCN(Cc2nc(Cc3ccccc3)no2)CC1C. The van der Waals surface area contributed by atoms with Crippen molar-refractivity contribution in [3.8, 4) is 0 Å². The van der Waals surface area contributed by atoms with Crippen LogP contribution in [0.5, 0.6) is 0 Å². The zero-order chi connectivity index (χ0) is 17.5. The number of rotatable bonds is 8. The Balaban J connectivity index is 1.47. The summed E-state index contributed by atoms with van der Waals surface area (Å²) in [6.07, 6.45) is 0.714. The van der Waals surface area contributed by atoms with Gasteiger partial charge in [0.1, 0.15) is 0 Å². The predicted octanol–water partition coefficient (Wildman–Crippen LogP) is 2.20. The summed E-state index contributed by atoms with van der Waals surface area (Å²) in [7, 11) is 0. The largest absolute Gasteiger partial charge is 0.380 e. The van der Waals surface area contributed by atoms with E-state index in [1.807, 2.05) is 25.1 Å². The van der Waals surface area contributed by atoms with Gasteiger partial charge in [-0.25, -0.2) is 0 Å². The van der Waals surface area contributed by atoms with E-state index in [1.54, 1.807) is 0 Å². The van der Waals surface area contributed by atoms with Crippen LogP contribution in [0.1, 0.15) is 31.1 Å². The number of piperazine rings is 1. The fourth-order valence-electron chi connectivity index (χ4n) is 3.27. The molecule has 6 nitrogen and oxygen atoms in total. The topological polar surface area (TPSA) is 54.6 Å². The Morgan fingerprint density at radius 2 is 2.08 bits per heavy atom. The summed E-state index contributed by atoms with van der Waals surface area (Å²) >= 11 is 0. The summed E-state index contributed by atoms with van der Waals surface area (Å²) in [4.78, 5) is 9.43. The molecule has 2 aromatic rings. The maximum Gasteiger partial charge on any atom is 0.240 e. The van der Waals surface area contributed by atoms with Crippen molar-refractivity contribution in [3.63, 3.8) is 0 Å². The average Bonchev–Trinajstić information content (AvgIpc) is 3.05. The third-order valence-corrected chi connectivity index (χ3v) is 4.65. The van der Waals surface area contributed by atoms with Crippen LogP contribution < -0.4 is 0 Å². The highest BCUT2D eigenvalue weighted by Gasteiger charge is 2.24. The molecule has 1 aromatic heterocycles. The van der Waals surface area contributed by atoms with Crippen LogP contribution in [0.3, 0.4) is 0 Å². The maximum atomic E-state index is 5.47. The lowest BCUT2D eigenvalue weighted by Crippen LogP contribution is -2.52. The smallest absolute Gasteiger partial charge is 0.240 e. The highest BCUT2D eigenvalue weighted by Crippen LogP contribution is 2.13. The molecule has 1 aromatic carbocycles. The minimum Gasteiger partial charge on any atom is -0.380 e. The second-order valence-corrected chi connectivity index (χ2v) is 6.58. The summed E-state index contributed by atoms with van der Waals surface area (Å²) in [5.74, 6) is 1.46. The van der Waals surface area contributed by atoms with Gasteiger partial charge in [0.25, 0.3) is 0 Å². The molecular formula is C19H28N4O2. The summed E-state index contributed by atoms with van der Waals surface area (Å²) in [6, 6.07) is 10.8. The van der Waals surface area contributed by atoms with E-state index in [4.69, 9.17) is 9.26 Å². The molecule has 0 amide bonds. The summed E-state index contributed by atoms with van der Waals surface area (Å²) in [5.41, 5.74) is 1.20. The van der Waals surface area contributed by atoms with Crippen LogP contribution in [-0.2, 0) is 17.7 Å². The summed E-state index contributed by atoms with van der Waals surface area (Å²) in [6.45, 7) is 10.7. The van der Waals surface area contributed by atoms with Gasteiger partial charge in [-0.1, -0.05) is 35.5 Å². The summed E-state index contributed by atoms with van der Waals surface area (Å²) < 4.78 is 10.9. The van der Waals surface area contributed by atoms with Crippen LogP contribution in [0.15, 0.2) is 34.9 Å². The molecule has 2 heterocycles. The van der Waals surface area contributed by atoms with E-state index in [0.29, 0.717) is 18.4 Å². The molecule has 1 saturated heterocycles. The summed E-state index contributed by atoms with van der Waals surface area (Å²) in [5, 5.41) is 4.12. The first-order valence-electron chi connectivity index (χ1n) is 9.14. The van der Waals surface area contributed by atoms with Gasteiger partial charge in [0.15, 0.2) is 5.82 Å².